The first kappa shape index (κ1) is 26.6. The maximum absolute atomic E-state index is 11.5. The molecule has 0 fully saturated rings. The molecule has 186 valence electrons. The summed E-state index contributed by atoms with van der Waals surface area (Å²) in [6.45, 7) is -0.142. The van der Waals surface area contributed by atoms with E-state index >= 15 is 0 Å². The Hall–Kier alpha value is -3.97. The second kappa shape index (κ2) is 11.2. The standard InChI is InChI=1S/C20H15ClN6O7S2/c1-36(32,33)34-8-7-23-19-14(11-22)17(12-5-3-2-4-6-12)20(35-19)25-24-18-15(21)9-13(26(28)29)10-16(18)27(30)31/h2-6,9-10,23H,7-8H2,1H3. The third kappa shape index (κ3) is 6.37. The maximum atomic E-state index is 11.5. The predicted octanol–water partition coefficient (Wildman–Crippen LogP) is 5.56. The van der Waals surface area contributed by atoms with E-state index in [0.717, 1.165) is 29.7 Å². The van der Waals surface area contributed by atoms with Gasteiger partial charge < -0.3 is 5.32 Å². The molecule has 3 rings (SSSR count). The number of azo groups is 1. The molecule has 13 nitrogen and oxygen atoms in total. The molecule has 0 aliphatic carbocycles. The van der Waals surface area contributed by atoms with Crippen molar-refractivity contribution in [3.05, 3.63) is 73.3 Å². The van der Waals surface area contributed by atoms with Crippen LogP contribution in [0.25, 0.3) is 11.1 Å². The molecule has 0 aliphatic heterocycles. The van der Waals surface area contributed by atoms with Crippen LogP contribution < -0.4 is 5.32 Å². The monoisotopic (exact) mass is 550 g/mol. The van der Waals surface area contributed by atoms with Crippen LogP contribution in [0.4, 0.5) is 27.1 Å². The van der Waals surface area contributed by atoms with E-state index in [1.807, 2.05) is 0 Å². The van der Waals surface area contributed by atoms with Crippen molar-refractivity contribution in [1.29, 1.82) is 5.26 Å². The molecule has 0 atom stereocenters. The van der Waals surface area contributed by atoms with Crippen molar-refractivity contribution in [2.24, 2.45) is 10.2 Å². The van der Waals surface area contributed by atoms with Crippen molar-refractivity contribution in [1.82, 2.24) is 0 Å². The fourth-order valence-electron chi connectivity index (χ4n) is 2.96. The zero-order valence-electron chi connectivity index (χ0n) is 18.2. The average molecular weight is 551 g/mol. The van der Waals surface area contributed by atoms with Gasteiger partial charge in [0.2, 0.25) is 0 Å². The molecule has 36 heavy (non-hydrogen) atoms. The molecule has 3 aromatic rings. The van der Waals surface area contributed by atoms with Crippen LogP contribution >= 0.6 is 22.9 Å². The molecule has 0 saturated carbocycles. The number of thiophene rings is 1. The molecule has 0 aliphatic rings. The summed E-state index contributed by atoms with van der Waals surface area (Å²) in [5.41, 5.74) is -0.532. The summed E-state index contributed by atoms with van der Waals surface area (Å²) in [7, 11) is -3.65. The quantitative estimate of drug-likeness (QED) is 0.111. The smallest absolute Gasteiger partial charge is 0.305 e. The van der Waals surface area contributed by atoms with Gasteiger partial charge in [0, 0.05) is 18.2 Å². The van der Waals surface area contributed by atoms with Crippen molar-refractivity contribution in [2.45, 2.75) is 0 Å². The number of non-ortho nitro benzene ring substituents is 1. The third-order valence-electron chi connectivity index (χ3n) is 4.43. The largest absolute Gasteiger partial charge is 0.373 e. The Morgan fingerprint density at radius 1 is 1.17 bits per heavy atom. The van der Waals surface area contributed by atoms with E-state index < -0.39 is 37.0 Å². The highest BCUT2D eigenvalue weighted by molar-refractivity contribution is 7.85. The molecule has 1 aromatic heterocycles. The van der Waals surface area contributed by atoms with Gasteiger partial charge in [0.05, 0.1) is 39.4 Å². The molecule has 2 aromatic carbocycles. The number of benzene rings is 2. The number of rotatable bonds is 10. The van der Waals surface area contributed by atoms with Crippen LogP contribution in [-0.4, -0.2) is 37.7 Å². The molecule has 0 amide bonds. The number of nitrogens with zero attached hydrogens (tertiary/aromatic N) is 5. The van der Waals surface area contributed by atoms with Gasteiger partial charge in [-0.2, -0.15) is 13.7 Å². The van der Waals surface area contributed by atoms with Gasteiger partial charge in [0.25, 0.3) is 15.8 Å². The van der Waals surface area contributed by atoms with Crippen LogP contribution in [-0.2, 0) is 14.3 Å². The number of nitro groups is 2. The van der Waals surface area contributed by atoms with Gasteiger partial charge in [-0.05, 0) is 5.56 Å². The van der Waals surface area contributed by atoms with E-state index in [-0.39, 0.29) is 28.7 Å². The normalized spacial score (nSPS) is 11.4. The Morgan fingerprint density at radius 2 is 1.86 bits per heavy atom. The zero-order valence-corrected chi connectivity index (χ0v) is 20.6. The van der Waals surface area contributed by atoms with E-state index in [9.17, 15) is 33.9 Å². The van der Waals surface area contributed by atoms with Crippen LogP contribution in [0.2, 0.25) is 5.02 Å². The molecule has 16 heteroatoms. The molecular weight excluding hydrogens is 536 g/mol. The average Bonchev–Trinajstić information content (AvgIpc) is 3.17. The Morgan fingerprint density at radius 3 is 2.44 bits per heavy atom. The SMILES string of the molecule is CS(=O)(=O)OCCNc1sc(N=Nc2c(Cl)cc([N+](=O)[O-])cc2[N+](=O)[O-])c(-c2ccccc2)c1C#N. The topological polar surface area (TPSA) is 190 Å². The minimum Gasteiger partial charge on any atom is -0.373 e. The summed E-state index contributed by atoms with van der Waals surface area (Å²) in [6.07, 6.45) is 0.910. The molecule has 1 heterocycles. The second-order valence-corrected chi connectivity index (χ2v) is 9.98. The molecule has 0 bridgehead atoms. The molecule has 0 saturated heterocycles. The first-order valence-electron chi connectivity index (χ1n) is 9.76. The number of anilines is 1. The number of nitrogens with one attached hydrogen (secondary N) is 1. The van der Waals surface area contributed by atoms with E-state index in [1.54, 1.807) is 30.3 Å². The lowest BCUT2D eigenvalue weighted by molar-refractivity contribution is -0.393. The van der Waals surface area contributed by atoms with Crippen molar-refractivity contribution >= 4 is 60.1 Å². The van der Waals surface area contributed by atoms with Gasteiger partial charge in [-0.15, -0.1) is 10.2 Å². The first-order valence-corrected chi connectivity index (χ1v) is 12.8. The predicted molar refractivity (Wildman–Crippen MR) is 133 cm³/mol. The Kier molecular flexibility index (Phi) is 8.27. The highest BCUT2D eigenvalue weighted by Crippen LogP contribution is 2.47. The summed E-state index contributed by atoms with van der Waals surface area (Å²) in [4.78, 5) is 20.8. The fraction of sp³-hybridized carbons (Fsp3) is 0.150. The Balaban J connectivity index is 2.08. The minimum atomic E-state index is -3.65. The van der Waals surface area contributed by atoms with Gasteiger partial charge in [-0.3, -0.25) is 24.4 Å². The lowest BCUT2D eigenvalue weighted by Crippen LogP contribution is -2.12. The fourth-order valence-corrected chi connectivity index (χ4v) is 4.61. The van der Waals surface area contributed by atoms with E-state index in [0.29, 0.717) is 16.1 Å². The van der Waals surface area contributed by atoms with Crippen LogP contribution in [0, 0.1) is 31.6 Å². The third-order valence-corrected chi connectivity index (χ3v) is 6.34. The summed E-state index contributed by atoms with van der Waals surface area (Å²) >= 11 is 7.03. The van der Waals surface area contributed by atoms with Crippen molar-refractivity contribution in [2.75, 3.05) is 24.7 Å². The van der Waals surface area contributed by atoms with Gasteiger partial charge in [0.15, 0.2) is 5.69 Å². The highest BCUT2D eigenvalue weighted by atomic mass is 35.5. The van der Waals surface area contributed by atoms with E-state index in [2.05, 4.69) is 25.8 Å². The zero-order chi connectivity index (χ0) is 26.5. The van der Waals surface area contributed by atoms with E-state index in [4.69, 9.17) is 11.6 Å². The lowest BCUT2D eigenvalue weighted by Gasteiger charge is -2.05. The molecule has 0 radical (unpaired) electrons. The van der Waals surface area contributed by atoms with E-state index in [1.165, 1.54) is 0 Å². The molecule has 0 spiro atoms. The number of hydrogen-bond acceptors (Lipinski definition) is 12. The van der Waals surface area contributed by atoms with Crippen LogP contribution in [0.15, 0.2) is 52.7 Å². The van der Waals surface area contributed by atoms with Crippen molar-refractivity contribution < 1.29 is 22.4 Å². The Bertz CT molecular complexity index is 1500. The van der Waals surface area contributed by atoms with Crippen molar-refractivity contribution in [3.8, 4) is 17.2 Å². The summed E-state index contributed by atoms with van der Waals surface area (Å²) in [6, 6.07) is 12.4. The number of hydrogen-bond donors (Lipinski definition) is 1. The van der Waals surface area contributed by atoms with Crippen molar-refractivity contribution in [3.63, 3.8) is 0 Å². The first-order chi connectivity index (χ1) is 17.0. The number of nitriles is 1. The minimum absolute atomic E-state index is 0.0483. The van der Waals surface area contributed by atoms with Gasteiger partial charge in [-0.25, -0.2) is 0 Å². The van der Waals surface area contributed by atoms with Crippen LogP contribution in [0.5, 0.6) is 0 Å². The number of nitro benzene ring substituents is 2. The summed E-state index contributed by atoms with van der Waals surface area (Å²) in [5, 5.41) is 43.5. The summed E-state index contributed by atoms with van der Waals surface area (Å²) in [5.74, 6) is 0. The molecule has 0 unspecified atom stereocenters. The molecular formula is C20H15ClN6O7S2. The van der Waals surface area contributed by atoms with Gasteiger partial charge in [0.1, 0.15) is 16.1 Å². The van der Waals surface area contributed by atoms with Crippen LogP contribution in [0.1, 0.15) is 5.56 Å². The maximum Gasteiger partial charge on any atom is 0.305 e. The van der Waals surface area contributed by atoms with Gasteiger partial charge in [-0.1, -0.05) is 53.3 Å². The Labute approximate surface area is 213 Å². The number of halogens is 1. The molecule has 1 N–H and O–H groups in total. The summed E-state index contributed by atoms with van der Waals surface area (Å²) < 4.78 is 27.0. The van der Waals surface area contributed by atoms with Crippen LogP contribution in [0.3, 0.4) is 0 Å². The second-order valence-electron chi connectivity index (χ2n) is 6.93. The van der Waals surface area contributed by atoms with Gasteiger partial charge >= 0.3 is 5.69 Å². The highest BCUT2D eigenvalue weighted by Gasteiger charge is 2.25. The lowest BCUT2D eigenvalue weighted by atomic mass is 10.0.